The van der Waals surface area contributed by atoms with Gasteiger partial charge in [0.15, 0.2) is 0 Å². The molecule has 2 aromatic rings. The van der Waals surface area contributed by atoms with Crippen LogP contribution in [-0.4, -0.2) is 13.2 Å². The van der Waals surface area contributed by atoms with Crippen LogP contribution in [0.4, 0.5) is 0 Å². The largest absolute Gasteiger partial charge is 0.493 e. The molecule has 1 N–H and O–H groups in total. The predicted molar refractivity (Wildman–Crippen MR) is 80.4 cm³/mol. The van der Waals surface area contributed by atoms with E-state index in [0.717, 1.165) is 23.2 Å². The van der Waals surface area contributed by atoms with Gasteiger partial charge in [-0.1, -0.05) is 29.8 Å². The maximum Gasteiger partial charge on any atom is 0.122 e. The van der Waals surface area contributed by atoms with E-state index in [1.807, 2.05) is 18.2 Å². The van der Waals surface area contributed by atoms with Crippen LogP contribution in [0.2, 0.25) is 4.34 Å². The van der Waals surface area contributed by atoms with E-state index in [-0.39, 0.29) is 0 Å². The summed E-state index contributed by atoms with van der Waals surface area (Å²) in [7, 11) is 0. The van der Waals surface area contributed by atoms with E-state index >= 15 is 0 Å². The first kappa shape index (κ1) is 13.0. The van der Waals surface area contributed by atoms with Crippen molar-refractivity contribution >= 4 is 22.9 Å². The minimum absolute atomic E-state index is 0.324. The lowest BCUT2D eigenvalue weighted by Gasteiger charge is -2.15. The summed E-state index contributed by atoms with van der Waals surface area (Å²) < 4.78 is 6.54. The summed E-state index contributed by atoms with van der Waals surface area (Å²) in [5, 5.41) is 3.57. The fraction of sp³-hybridized carbons (Fsp3) is 0.333. The Kier molecular flexibility index (Phi) is 3.78. The quantitative estimate of drug-likeness (QED) is 0.911. The Balaban J connectivity index is 1.62. The average Bonchev–Trinajstić information content (AvgIpc) is 3.02. The first-order valence-corrected chi connectivity index (χ1v) is 7.64. The van der Waals surface area contributed by atoms with Crippen LogP contribution in [0.25, 0.3) is 0 Å². The first-order chi connectivity index (χ1) is 9.24. The summed E-state index contributed by atoms with van der Waals surface area (Å²) in [6, 6.07) is 12.6. The molecule has 1 aliphatic heterocycles. The molecule has 2 heterocycles. The lowest BCUT2D eigenvalue weighted by molar-refractivity contribution is 0.323. The van der Waals surface area contributed by atoms with Crippen LogP contribution < -0.4 is 10.1 Å². The second-order valence-electron chi connectivity index (χ2n) is 4.82. The zero-order chi connectivity index (χ0) is 13.2. The maximum atomic E-state index is 5.97. The molecule has 1 aliphatic rings. The Morgan fingerprint density at radius 3 is 3.00 bits per heavy atom. The number of ether oxygens (including phenoxy) is 1. The van der Waals surface area contributed by atoms with E-state index in [1.165, 1.54) is 10.4 Å². The molecule has 19 heavy (non-hydrogen) atoms. The lowest BCUT2D eigenvalue weighted by Crippen LogP contribution is -2.25. The first-order valence-electron chi connectivity index (χ1n) is 6.44. The van der Waals surface area contributed by atoms with Crippen molar-refractivity contribution in [1.82, 2.24) is 5.32 Å². The highest BCUT2D eigenvalue weighted by atomic mass is 35.5. The topological polar surface area (TPSA) is 21.3 Å². The summed E-state index contributed by atoms with van der Waals surface area (Å²) in [5.74, 6) is 1.47. The summed E-state index contributed by atoms with van der Waals surface area (Å²) in [6.45, 7) is 3.86. The highest BCUT2D eigenvalue weighted by Crippen LogP contribution is 2.33. The average molecular weight is 294 g/mol. The monoisotopic (exact) mass is 293 g/mol. The highest BCUT2D eigenvalue weighted by molar-refractivity contribution is 7.16. The van der Waals surface area contributed by atoms with Gasteiger partial charge >= 0.3 is 0 Å². The minimum Gasteiger partial charge on any atom is -0.493 e. The highest BCUT2D eigenvalue weighted by Gasteiger charge is 2.23. The van der Waals surface area contributed by atoms with E-state index in [1.54, 1.807) is 11.3 Å². The van der Waals surface area contributed by atoms with Gasteiger partial charge in [0.05, 0.1) is 10.9 Å². The van der Waals surface area contributed by atoms with Crippen molar-refractivity contribution in [2.75, 3.05) is 13.2 Å². The van der Waals surface area contributed by atoms with Crippen LogP contribution in [-0.2, 0) is 0 Å². The Labute approximate surface area is 122 Å². The normalized spacial score (nSPS) is 18.9. The smallest absolute Gasteiger partial charge is 0.122 e. The van der Waals surface area contributed by atoms with Crippen molar-refractivity contribution in [2.24, 2.45) is 0 Å². The molecular formula is C15H16ClNOS. The van der Waals surface area contributed by atoms with Crippen LogP contribution in [0.5, 0.6) is 5.75 Å². The van der Waals surface area contributed by atoms with Crippen molar-refractivity contribution in [2.45, 2.75) is 18.9 Å². The van der Waals surface area contributed by atoms with E-state index in [9.17, 15) is 0 Å². The van der Waals surface area contributed by atoms with Crippen molar-refractivity contribution in [3.05, 3.63) is 51.2 Å². The predicted octanol–water partition coefficient (Wildman–Crippen LogP) is 4.23. The van der Waals surface area contributed by atoms with Crippen molar-refractivity contribution < 1.29 is 4.74 Å². The molecule has 1 aromatic heterocycles. The Bertz CT molecular complexity index is 569. The molecule has 0 bridgehead atoms. The van der Waals surface area contributed by atoms with Gasteiger partial charge in [-0.15, -0.1) is 11.3 Å². The standard InChI is InChI=1S/C15H16ClNOS/c1-10(14-6-7-15(16)19-14)17-8-11-9-18-13-5-3-2-4-12(11)13/h2-7,10-11,17H,8-9H2,1H3. The Morgan fingerprint density at radius 2 is 2.21 bits per heavy atom. The number of thiophene rings is 1. The molecule has 0 spiro atoms. The third kappa shape index (κ3) is 2.78. The van der Waals surface area contributed by atoms with Gasteiger partial charge < -0.3 is 10.1 Å². The van der Waals surface area contributed by atoms with Crippen LogP contribution >= 0.6 is 22.9 Å². The fourth-order valence-corrected chi connectivity index (χ4v) is 3.47. The zero-order valence-electron chi connectivity index (χ0n) is 10.7. The summed E-state index contributed by atoms with van der Waals surface area (Å²) in [5.41, 5.74) is 1.31. The summed E-state index contributed by atoms with van der Waals surface area (Å²) >= 11 is 7.61. The lowest BCUT2D eigenvalue weighted by atomic mass is 10.0. The van der Waals surface area contributed by atoms with Gasteiger partial charge in [-0.3, -0.25) is 0 Å². The van der Waals surface area contributed by atoms with E-state index in [2.05, 4.69) is 30.4 Å². The molecule has 0 aliphatic carbocycles. The van der Waals surface area contributed by atoms with Crippen molar-refractivity contribution in [3.63, 3.8) is 0 Å². The van der Waals surface area contributed by atoms with Crippen molar-refractivity contribution in [1.29, 1.82) is 0 Å². The maximum absolute atomic E-state index is 5.97. The number of halogens is 1. The number of hydrogen-bond acceptors (Lipinski definition) is 3. The van der Waals surface area contributed by atoms with Gasteiger partial charge in [0, 0.05) is 28.9 Å². The number of benzene rings is 1. The molecule has 3 rings (SSSR count). The zero-order valence-corrected chi connectivity index (χ0v) is 12.3. The molecule has 0 radical (unpaired) electrons. The molecule has 2 nitrogen and oxygen atoms in total. The van der Waals surface area contributed by atoms with Crippen LogP contribution in [0.15, 0.2) is 36.4 Å². The van der Waals surface area contributed by atoms with Gasteiger partial charge in [-0.25, -0.2) is 0 Å². The molecule has 4 heteroatoms. The third-order valence-corrected chi connectivity index (χ3v) is 4.90. The van der Waals surface area contributed by atoms with Gasteiger partial charge in [-0.2, -0.15) is 0 Å². The fourth-order valence-electron chi connectivity index (χ4n) is 2.38. The van der Waals surface area contributed by atoms with Gasteiger partial charge in [-0.05, 0) is 25.1 Å². The number of para-hydroxylation sites is 1. The van der Waals surface area contributed by atoms with Crippen LogP contribution in [0.3, 0.4) is 0 Å². The van der Waals surface area contributed by atoms with E-state index in [0.29, 0.717) is 12.0 Å². The minimum atomic E-state index is 0.324. The van der Waals surface area contributed by atoms with Gasteiger partial charge in [0.25, 0.3) is 0 Å². The second kappa shape index (κ2) is 5.53. The molecule has 2 atom stereocenters. The second-order valence-corrected chi connectivity index (χ2v) is 6.56. The Hall–Kier alpha value is -1.03. The molecule has 0 saturated heterocycles. The number of hydrogen-bond donors (Lipinski definition) is 1. The molecule has 100 valence electrons. The number of fused-ring (bicyclic) bond motifs is 1. The molecule has 2 unspecified atom stereocenters. The molecular weight excluding hydrogens is 278 g/mol. The van der Waals surface area contributed by atoms with Crippen molar-refractivity contribution in [3.8, 4) is 5.75 Å². The SMILES string of the molecule is CC(NCC1COc2ccccc21)c1ccc(Cl)s1. The Morgan fingerprint density at radius 1 is 1.37 bits per heavy atom. The van der Waals surface area contributed by atoms with E-state index < -0.39 is 0 Å². The number of nitrogens with one attached hydrogen (secondary N) is 1. The summed E-state index contributed by atoms with van der Waals surface area (Å²) in [4.78, 5) is 1.28. The van der Waals surface area contributed by atoms with E-state index in [4.69, 9.17) is 16.3 Å². The summed E-state index contributed by atoms with van der Waals surface area (Å²) in [6.07, 6.45) is 0. The molecule has 0 amide bonds. The molecule has 0 fully saturated rings. The van der Waals surface area contributed by atoms with Gasteiger partial charge in [0.1, 0.15) is 5.75 Å². The van der Waals surface area contributed by atoms with Crippen LogP contribution in [0, 0.1) is 0 Å². The number of rotatable bonds is 4. The molecule has 0 saturated carbocycles. The van der Waals surface area contributed by atoms with Gasteiger partial charge in [0.2, 0.25) is 0 Å². The molecule has 1 aromatic carbocycles. The third-order valence-electron chi connectivity index (χ3n) is 3.49. The van der Waals surface area contributed by atoms with Crippen LogP contribution in [0.1, 0.15) is 29.3 Å².